The summed E-state index contributed by atoms with van der Waals surface area (Å²) in [7, 11) is 0. The highest BCUT2D eigenvalue weighted by atomic mass is 16.4. The molecule has 3 nitrogen and oxygen atoms in total. The Balaban J connectivity index is 0. The van der Waals surface area contributed by atoms with E-state index in [0.29, 0.717) is 12.8 Å². The normalized spacial score (nSPS) is 11.2. The van der Waals surface area contributed by atoms with Gasteiger partial charge in [-0.05, 0) is 42.0 Å². The minimum atomic E-state index is -0.688. The van der Waals surface area contributed by atoms with Crippen molar-refractivity contribution in [2.45, 2.75) is 60.8 Å². The first-order chi connectivity index (χ1) is 10.7. The first-order valence-corrected chi connectivity index (χ1v) is 8.36. The van der Waals surface area contributed by atoms with Crippen molar-refractivity contribution in [2.75, 3.05) is 0 Å². The van der Waals surface area contributed by atoms with Crippen LogP contribution in [0.3, 0.4) is 0 Å². The second kappa shape index (κ2) is 12.7. The maximum atomic E-state index is 11.3. The molecule has 0 heterocycles. The maximum Gasteiger partial charge on any atom is 0.306 e. The summed E-state index contributed by atoms with van der Waals surface area (Å²) in [5.41, 5.74) is 7.06. The van der Waals surface area contributed by atoms with Gasteiger partial charge >= 0.3 is 5.97 Å². The minimum Gasteiger partial charge on any atom is -0.481 e. The van der Waals surface area contributed by atoms with Crippen molar-refractivity contribution in [3.05, 3.63) is 48.2 Å². The van der Waals surface area contributed by atoms with E-state index in [1.165, 1.54) is 11.8 Å². The number of hydrogen-bond donors (Lipinski definition) is 2. The zero-order valence-electron chi connectivity index (χ0n) is 15.7. The van der Waals surface area contributed by atoms with Crippen molar-refractivity contribution in [2.24, 2.45) is 17.1 Å². The zero-order chi connectivity index (χ0) is 18.5. The summed E-state index contributed by atoms with van der Waals surface area (Å²) in [6.45, 7) is 15.5. The van der Waals surface area contributed by atoms with Gasteiger partial charge < -0.3 is 10.8 Å². The van der Waals surface area contributed by atoms with E-state index >= 15 is 0 Å². The molecule has 1 rings (SSSR count). The van der Waals surface area contributed by atoms with E-state index in [9.17, 15) is 9.90 Å². The first-order valence-electron chi connectivity index (χ1n) is 8.36. The molecule has 3 heteroatoms. The summed E-state index contributed by atoms with van der Waals surface area (Å²) in [5.74, 6) is -0.982. The molecule has 0 aliphatic heterocycles. The van der Waals surface area contributed by atoms with Gasteiger partial charge in [0.25, 0.3) is 0 Å². The summed E-state index contributed by atoms with van der Waals surface area (Å²) in [6, 6.07) is 8.25. The lowest BCUT2D eigenvalue weighted by Gasteiger charge is -2.23. The van der Waals surface area contributed by atoms with Crippen LogP contribution in [0.2, 0.25) is 0 Å². The molecule has 0 saturated heterocycles. The van der Waals surface area contributed by atoms with E-state index in [-0.39, 0.29) is 11.3 Å². The molecular weight excluding hydrogens is 286 g/mol. The lowest BCUT2D eigenvalue weighted by Crippen LogP contribution is -2.22. The predicted octanol–water partition coefficient (Wildman–Crippen LogP) is 5.04. The molecule has 1 aromatic rings. The van der Waals surface area contributed by atoms with Crippen molar-refractivity contribution in [1.29, 1.82) is 0 Å². The van der Waals surface area contributed by atoms with Crippen molar-refractivity contribution >= 4 is 5.97 Å². The van der Waals surface area contributed by atoms with Gasteiger partial charge in [0.15, 0.2) is 0 Å². The maximum absolute atomic E-state index is 11.3. The third kappa shape index (κ3) is 12.5. The van der Waals surface area contributed by atoms with E-state index in [1.54, 1.807) is 0 Å². The molecule has 23 heavy (non-hydrogen) atoms. The molecule has 0 aliphatic carbocycles. The molecule has 0 fully saturated rings. The highest BCUT2D eigenvalue weighted by molar-refractivity contribution is 5.70. The molecule has 1 aromatic carbocycles. The Hall–Kier alpha value is -1.77. The van der Waals surface area contributed by atoms with Gasteiger partial charge in [0.2, 0.25) is 0 Å². The van der Waals surface area contributed by atoms with Gasteiger partial charge in [0.1, 0.15) is 0 Å². The van der Waals surface area contributed by atoms with E-state index in [4.69, 9.17) is 0 Å². The second-order valence-electron chi connectivity index (χ2n) is 6.41. The van der Waals surface area contributed by atoms with Crippen LogP contribution >= 0.6 is 0 Å². The van der Waals surface area contributed by atoms with Crippen LogP contribution in [0.5, 0.6) is 0 Å². The molecule has 3 N–H and O–H groups in total. The van der Waals surface area contributed by atoms with Crippen LogP contribution in [0, 0.1) is 11.3 Å². The van der Waals surface area contributed by atoms with Gasteiger partial charge in [0.05, 0.1) is 5.92 Å². The van der Waals surface area contributed by atoms with Crippen LogP contribution in [0.4, 0.5) is 0 Å². The van der Waals surface area contributed by atoms with Crippen LogP contribution in [-0.2, 0) is 17.6 Å². The Morgan fingerprint density at radius 3 is 2.17 bits per heavy atom. The minimum absolute atomic E-state index is 0.0470. The predicted molar refractivity (Wildman–Crippen MR) is 100 cm³/mol. The van der Waals surface area contributed by atoms with Crippen molar-refractivity contribution < 1.29 is 9.90 Å². The standard InChI is InChI=1S/C16H24O2.C2H5N.C2H6/c1-5-12-7-6-8-13(9-12)10-14(15(17)18)11-16(2,3)4;1-2-3;1-2/h6-9,14H,5,10-11H2,1-4H3,(H,17,18);2H,1,3H2;1-2H3. The summed E-state index contributed by atoms with van der Waals surface area (Å²) >= 11 is 0. The molecule has 0 aromatic heterocycles. The Kier molecular flexibility index (Phi) is 13.0. The fourth-order valence-electron chi connectivity index (χ4n) is 2.25. The number of benzene rings is 1. The lowest BCUT2D eigenvalue weighted by atomic mass is 9.82. The number of carbonyl (C=O) groups is 1. The molecule has 0 aliphatic rings. The number of hydrogen-bond acceptors (Lipinski definition) is 2. The van der Waals surface area contributed by atoms with Gasteiger partial charge in [-0.2, -0.15) is 0 Å². The third-order valence-corrected chi connectivity index (χ3v) is 3.09. The SMILES string of the molecule is C=CN.CC.CCc1cccc(CC(CC(C)(C)C)C(=O)O)c1. The Morgan fingerprint density at radius 2 is 1.78 bits per heavy atom. The Bertz CT molecular complexity index is 447. The fourth-order valence-corrected chi connectivity index (χ4v) is 2.25. The van der Waals surface area contributed by atoms with E-state index < -0.39 is 5.97 Å². The highest BCUT2D eigenvalue weighted by Gasteiger charge is 2.24. The average molecular weight is 322 g/mol. The van der Waals surface area contributed by atoms with Crippen LogP contribution in [0.1, 0.15) is 59.1 Å². The summed E-state index contributed by atoms with van der Waals surface area (Å²) < 4.78 is 0. The van der Waals surface area contributed by atoms with Gasteiger partial charge in [-0.15, -0.1) is 0 Å². The molecule has 1 unspecified atom stereocenters. The quantitative estimate of drug-likeness (QED) is 0.798. The van der Waals surface area contributed by atoms with E-state index in [2.05, 4.69) is 52.1 Å². The van der Waals surface area contributed by atoms with E-state index in [0.717, 1.165) is 12.0 Å². The van der Waals surface area contributed by atoms with Crippen LogP contribution in [-0.4, -0.2) is 11.1 Å². The number of aryl methyl sites for hydroxylation is 1. The third-order valence-electron chi connectivity index (χ3n) is 3.09. The molecular formula is C20H35NO2. The van der Waals surface area contributed by atoms with Gasteiger partial charge in [-0.1, -0.05) is 72.4 Å². The average Bonchev–Trinajstić information content (AvgIpc) is 2.48. The van der Waals surface area contributed by atoms with Gasteiger partial charge in [-0.3, -0.25) is 4.79 Å². The van der Waals surface area contributed by atoms with Crippen LogP contribution in [0.25, 0.3) is 0 Å². The van der Waals surface area contributed by atoms with Gasteiger partial charge in [-0.25, -0.2) is 0 Å². The Labute approximate surface area is 142 Å². The molecule has 0 radical (unpaired) electrons. The molecule has 1 atom stereocenters. The molecule has 0 bridgehead atoms. The van der Waals surface area contributed by atoms with E-state index in [1.807, 2.05) is 26.0 Å². The summed E-state index contributed by atoms with van der Waals surface area (Å²) in [6.07, 6.45) is 3.57. The number of carboxylic acid groups (broad SMARTS) is 1. The lowest BCUT2D eigenvalue weighted by molar-refractivity contribution is -0.142. The van der Waals surface area contributed by atoms with Gasteiger partial charge in [0, 0.05) is 0 Å². The summed E-state index contributed by atoms with van der Waals surface area (Å²) in [4.78, 5) is 11.3. The molecule has 132 valence electrons. The Morgan fingerprint density at radius 1 is 1.30 bits per heavy atom. The molecule has 0 spiro atoms. The number of nitrogens with two attached hydrogens (primary N) is 1. The van der Waals surface area contributed by atoms with Crippen molar-refractivity contribution in [3.8, 4) is 0 Å². The molecule has 0 amide bonds. The summed E-state index contributed by atoms with van der Waals surface area (Å²) in [5, 5.41) is 9.32. The first kappa shape index (κ1) is 23.5. The van der Waals surface area contributed by atoms with Crippen molar-refractivity contribution in [1.82, 2.24) is 0 Å². The number of aliphatic carboxylic acids is 1. The van der Waals surface area contributed by atoms with Crippen LogP contribution < -0.4 is 5.73 Å². The zero-order valence-corrected chi connectivity index (χ0v) is 15.7. The monoisotopic (exact) mass is 321 g/mol. The second-order valence-corrected chi connectivity index (χ2v) is 6.41. The topological polar surface area (TPSA) is 63.3 Å². The van der Waals surface area contributed by atoms with Crippen LogP contribution in [0.15, 0.2) is 37.0 Å². The fraction of sp³-hybridized carbons (Fsp3) is 0.550. The largest absolute Gasteiger partial charge is 0.481 e. The number of carboxylic acids is 1. The number of rotatable bonds is 5. The highest BCUT2D eigenvalue weighted by Crippen LogP contribution is 2.27. The smallest absolute Gasteiger partial charge is 0.306 e. The van der Waals surface area contributed by atoms with Crippen molar-refractivity contribution in [3.63, 3.8) is 0 Å². The molecule has 0 saturated carbocycles.